The second-order valence-electron chi connectivity index (χ2n) is 4.71. The summed E-state index contributed by atoms with van der Waals surface area (Å²) in [4.78, 5) is 23.6. The molecule has 0 atom stereocenters. The molecule has 25 heavy (non-hydrogen) atoms. The normalized spacial score (nSPS) is 10.7. The van der Waals surface area contributed by atoms with Crippen LogP contribution in [0.5, 0.6) is 0 Å². The topological polar surface area (TPSA) is 70.6 Å². The largest absolute Gasteiger partial charge is 0.343 e. The summed E-state index contributed by atoms with van der Waals surface area (Å²) in [7, 11) is 0. The summed E-state index contributed by atoms with van der Waals surface area (Å²) in [5, 5.41) is 6.64. The Kier molecular flexibility index (Phi) is 6.75. The van der Waals surface area contributed by atoms with E-state index < -0.39 is 24.2 Å². The van der Waals surface area contributed by atoms with Crippen molar-refractivity contribution in [3.63, 3.8) is 0 Å². The van der Waals surface area contributed by atoms with Gasteiger partial charge in [-0.15, -0.1) is 0 Å². The fourth-order valence-corrected chi connectivity index (χ4v) is 2.55. The highest BCUT2D eigenvalue weighted by atomic mass is 35.5. The van der Waals surface area contributed by atoms with Crippen molar-refractivity contribution in [2.24, 2.45) is 5.10 Å². The SMILES string of the molecule is O=C(CNC(=O)c1c(F)cccc1Cl)N/N=C\c1c(Cl)cccc1Cl. The Morgan fingerprint density at radius 2 is 1.64 bits per heavy atom. The lowest BCUT2D eigenvalue weighted by molar-refractivity contribution is -0.120. The van der Waals surface area contributed by atoms with Crippen molar-refractivity contribution in [3.8, 4) is 0 Å². The van der Waals surface area contributed by atoms with Gasteiger partial charge in [0.05, 0.1) is 33.4 Å². The van der Waals surface area contributed by atoms with E-state index in [0.29, 0.717) is 15.6 Å². The Morgan fingerprint density at radius 3 is 2.28 bits per heavy atom. The molecule has 5 nitrogen and oxygen atoms in total. The van der Waals surface area contributed by atoms with Crippen molar-refractivity contribution >= 4 is 52.8 Å². The van der Waals surface area contributed by atoms with Gasteiger partial charge in [0.2, 0.25) is 0 Å². The molecular weight excluding hydrogens is 392 g/mol. The van der Waals surface area contributed by atoms with E-state index >= 15 is 0 Å². The van der Waals surface area contributed by atoms with Crippen LogP contribution >= 0.6 is 34.8 Å². The van der Waals surface area contributed by atoms with Crippen LogP contribution in [0, 0.1) is 5.82 Å². The molecule has 0 aliphatic heterocycles. The molecule has 0 bridgehead atoms. The van der Waals surface area contributed by atoms with E-state index in [-0.39, 0.29) is 10.6 Å². The molecule has 2 amide bonds. The van der Waals surface area contributed by atoms with Gasteiger partial charge in [-0.3, -0.25) is 9.59 Å². The summed E-state index contributed by atoms with van der Waals surface area (Å²) in [6.45, 7) is -0.420. The number of benzene rings is 2. The minimum Gasteiger partial charge on any atom is -0.343 e. The van der Waals surface area contributed by atoms with Crippen LogP contribution < -0.4 is 10.7 Å². The Hall–Kier alpha value is -2.15. The number of rotatable bonds is 5. The monoisotopic (exact) mass is 401 g/mol. The third kappa shape index (κ3) is 5.16. The van der Waals surface area contributed by atoms with Gasteiger partial charge >= 0.3 is 0 Å². The van der Waals surface area contributed by atoms with Gasteiger partial charge < -0.3 is 5.32 Å². The molecule has 0 unspecified atom stereocenters. The van der Waals surface area contributed by atoms with Crippen LogP contribution in [0.4, 0.5) is 4.39 Å². The van der Waals surface area contributed by atoms with Gasteiger partial charge in [0, 0.05) is 5.56 Å². The molecule has 9 heteroatoms. The number of hydrogen-bond donors (Lipinski definition) is 2. The van der Waals surface area contributed by atoms with E-state index in [1.807, 2.05) is 0 Å². The quantitative estimate of drug-likeness (QED) is 0.592. The highest BCUT2D eigenvalue weighted by Crippen LogP contribution is 2.22. The zero-order valence-corrected chi connectivity index (χ0v) is 14.8. The molecule has 0 heterocycles. The number of nitrogens with zero attached hydrogens (tertiary/aromatic N) is 1. The first-order valence-corrected chi connectivity index (χ1v) is 8.01. The summed E-state index contributed by atoms with van der Waals surface area (Å²) in [5.41, 5.74) is 2.30. The van der Waals surface area contributed by atoms with Crippen LogP contribution in [0.3, 0.4) is 0 Å². The lowest BCUT2D eigenvalue weighted by Gasteiger charge is -2.07. The van der Waals surface area contributed by atoms with Gasteiger partial charge in [0.15, 0.2) is 0 Å². The Morgan fingerprint density at radius 1 is 1.04 bits per heavy atom. The van der Waals surface area contributed by atoms with Gasteiger partial charge in [0.25, 0.3) is 11.8 Å². The molecule has 2 aromatic carbocycles. The van der Waals surface area contributed by atoms with Gasteiger partial charge in [-0.2, -0.15) is 5.10 Å². The van der Waals surface area contributed by atoms with Gasteiger partial charge in [-0.05, 0) is 24.3 Å². The fraction of sp³-hybridized carbons (Fsp3) is 0.0625. The molecule has 0 aliphatic carbocycles. The second kappa shape index (κ2) is 8.80. The average Bonchev–Trinajstić information content (AvgIpc) is 2.55. The van der Waals surface area contributed by atoms with Crippen molar-refractivity contribution in [2.45, 2.75) is 0 Å². The number of hydrazone groups is 1. The van der Waals surface area contributed by atoms with Crippen molar-refractivity contribution < 1.29 is 14.0 Å². The molecule has 2 N–H and O–H groups in total. The van der Waals surface area contributed by atoms with Crippen LogP contribution in [0.2, 0.25) is 15.1 Å². The number of halogens is 4. The van der Waals surface area contributed by atoms with Gasteiger partial charge in [-0.1, -0.05) is 46.9 Å². The fourth-order valence-electron chi connectivity index (χ4n) is 1.81. The molecule has 0 fully saturated rings. The molecule has 0 saturated heterocycles. The van der Waals surface area contributed by atoms with Crippen LogP contribution in [0.1, 0.15) is 15.9 Å². The van der Waals surface area contributed by atoms with Crippen LogP contribution in [0.15, 0.2) is 41.5 Å². The Balaban J connectivity index is 1.91. The molecule has 0 aromatic heterocycles. The minimum atomic E-state index is -0.809. The predicted octanol–water partition coefficient (Wildman–Crippen LogP) is 3.67. The number of nitrogens with one attached hydrogen (secondary N) is 2. The van der Waals surface area contributed by atoms with E-state index in [4.69, 9.17) is 34.8 Å². The maximum Gasteiger partial charge on any atom is 0.259 e. The highest BCUT2D eigenvalue weighted by Gasteiger charge is 2.16. The van der Waals surface area contributed by atoms with Gasteiger partial charge in [0.1, 0.15) is 5.82 Å². The molecule has 0 radical (unpaired) electrons. The average molecular weight is 403 g/mol. The highest BCUT2D eigenvalue weighted by molar-refractivity contribution is 6.38. The molecule has 2 aromatic rings. The van der Waals surface area contributed by atoms with E-state index in [1.54, 1.807) is 18.2 Å². The number of carbonyl (C=O) groups is 2. The van der Waals surface area contributed by atoms with E-state index in [2.05, 4.69) is 15.8 Å². The molecule has 0 spiro atoms. The first-order valence-electron chi connectivity index (χ1n) is 6.88. The minimum absolute atomic E-state index is 0.0516. The lowest BCUT2D eigenvalue weighted by atomic mass is 10.2. The lowest BCUT2D eigenvalue weighted by Crippen LogP contribution is -2.35. The maximum atomic E-state index is 13.6. The Labute approximate surface area is 157 Å². The molecule has 2 rings (SSSR count). The number of amides is 2. The summed E-state index contributed by atoms with van der Waals surface area (Å²) in [5.74, 6) is -2.21. The second-order valence-corrected chi connectivity index (χ2v) is 5.93. The standard InChI is InChI=1S/C16H11Cl3FN3O2/c17-10-3-1-4-11(18)9(10)7-22-23-14(24)8-21-16(25)15-12(19)5-2-6-13(15)20/h1-7H,8H2,(H,21,25)(H,23,24)/b22-7-. The van der Waals surface area contributed by atoms with E-state index in [0.717, 1.165) is 6.07 Å². The predicted molar refractivity (Wildman–Crippen MR) is 95.9 cm³/mol. The van der Waals surface area contributed by atoms with Crippen molar-refractivity contribution in [2.75, 3.05) is 6.54 Å². The first kappa shape index (κ1) is 19.2. The Bertz CT molecular complexity index is 803. The van der Waals surface area contributed by atoms with Crippen LogP contribution in [0.25, 0.3) is 0 Å². The number of carbonyl (C=O) groups excluding carboxylic acids is 2. The molecule has 130 valence electrons. The van der Waals surface area contributed by atoms with Crippen molar-refractivity contribution in [1.82, 2.24) is 10.7 Å². The zero-order valence-electron chi connectivity index (χ0n) is 12.5. The number of hydrogen-bond acceptors (Lipinski definition) is 3. The van der Waals surface area contributed by atoms with E-state index in [9.17, 15) is 14.0 Å². The van der Waals surface area contributed by atoms with Crippen molar-refractivity contribution in [1.29, 1.82) is 0 Å². The smallest absolute Gasteiger partial charge is 0.259 e. The summed E-state index contributed by atoms with van der Waals surface area (Å²) >= 11 is 17.7. The molecular formula is C16H11Cl3FN3O2. The van der Waals surface area contributed by atoms with E-state index in [1.165, 1.54) is 18.3 Å². The maximum absolute atomic E-state index is 13.6. The summed E-state index contributed by atoms with van der Waals surface area (Å²) < 4.78 is 13.6. The van der Waals surface area contributed by atoms with Crippen LogP contribution in [-0.4, -0.2) is 24.6 Å². The molecule has 0 aliphatic rings. The summed E-state index contributed by atoms with van der Waals surface area (Å²) in [6, 6.07) is 8.75. The van der Waals surface area contributed by atoms with Crippen LogP contribution in [-0.2, 0) is 4.79 Å². The zero-order chi connectivity index (χ0) is 18.4. The summed E-state index contributed by atoms with van der Waals surface area (Å²) in [6.07, 6.45) is 1.28. The molecule has 0 saturated carbocycles. The van der Waals surface area contributed by atoms with Crippen molar-refractivity contribution in [3.05, 3.63) is 68.4 Å². The van der Waals surface area contributed by atoms with Gasteiger partial charge in [-0.25, -0.2) is 9.82 Å². The third-order valence-electron chi connectivity index (χ3n) is 2.98. The first-order chi connectivity index (χ1) is 11.9. The third-order valence-corrected chi connectivity index (χ3v) is 3.96.